The molecular weight excluding hydrogens is 286 g/mol. The third-order valence-corrected chi connectivity index (χ3v) is 3.68. The molecule has 0 aromatic carbocycles. The van der Waals surface area contributed by atoms with Gasteiger partial charge in [0.15, 0.2) is 12.2 Å². The molecule has 2 aliphatic heterocycles. The van der Waals surface area contributed by atoms with Crippen LogP contribution in [0.15, 0.2) is 17.6 Å². The Balaban J connectivity index is 2.00. The van der Waals surface area contributed by atoms with E-state index < -0.39 is 18.3 Å². The van der Waals surface area contributed by atoms with Gasteiger partial charge in [0, 0.05) is 6.42 Å². The van der Waals surface area contributed by atoms with Crippen LogP contribution >= 0.6 is 0 Å². The summed E-state index contributed by atoms with van der Waals surface area (Å²) < 4.78 is 7.22. The highest BCUT2D eigenvalue weighted by Gasteiger charge is 2.43. The predicted molar refractivity (Wildman–Crippen MR) is 76.8 cm³/mol. The molecule has 0 aliphatic carbocycles. The number of azo groups is 2. The van der Waals surface area contributed by atoms with Crippen molar-refractivity contribution in [3.05, 3.63) is 18.2 Å². The standard InChI is InChI=1S/C14H16N5O3/c1-2-3-18-19-5-8(10-4-9(21)11(6-20)22-10)12-13(19)14(15)17-7-16-12/h1,5,7,9-11,20-21H,3-4,6H2,(H2,15,16,17)/q+1/t9-,10+,11+/m0/s1. The molecular formula is C14H16N5O3+. The molecule has 22 heavy (non-hydrogen) atoms. The van der Waals surface area contributed by atoms with E-state index in [0.29, 0.717) is 17.8 Å². The largest absolute Gasteiger partial charge is 0.394 e. The number of hydrogen-bond acceptors (Lipinski definition) is 7. The highest BCUT2D eigenvalue weighted by atomic mass is 16.5. The summed E-state index contributed by atoms with van der Waals surface area (Å²) in [5.41, 5.74) is 7.80. The molecule has 0 amide bonds. The first kappa shape index (κ1) is 14.6. The fourth-order valence-corrected chi connectivity index (χ4v) is 2.64. The molecule has 1 fully saturated rings. The quantitative estimate of drug-likeness (QED) is 0.519. The zero-order valence-corrected chi connectivity index (χ0v) is 11.8. The van der Waals surface area contributed by atoms with Gasteiger partial charge in [-0.05, 0) is 9.81 Å². The Labute approximate surface area is 127 Å². The molecule has 0 unspecified atom stereocenters. The fraction of sp³-hybridized carbons (Fsp3) is 0.429. The first-order chi connectivity index (χ1) is 10.7. The molecule has 3 heterocycles. The van der Waals surface area contributed by atoms with Gasteiger partial charge in [-0.25, -0.2) is 9.97 Å². The lowest BCUT2D eigenvalue weighted by molar-refractivity contribution is -0.435. The van der Waals surface area contributed by atoms with Gasteiger partial charge in [-0.3, -0.25) is 0 Å². The lowest BCUT2D eigenvalue weighted by Gasteiger charge is -2.11. The summed E-state index contributed by atoms with van der Waals surface area (Å²) in [6, 6.07) is 0. The maximum absolute atomic E-state index is 9.90. The van der Waals surface area contributed by atoms with Crippen molar-refractivity contribution in [3.8, 4) is 12.3 Å². The second-order valence-corrected chi connectivity index (χ2v) is 5.04. The maximum atomic E-state index is 9.90. The normalized spacial score (nSPS) is 28.5. The molecule has 114 valence electrons. The molecule has 2 aliphatic rings. The number of nitrogens with zero attached hydrogens (tertiary/aromatic N) is 4. The van der Waals surface area contributed by atoms with E-state index in [1.54, 1.807) is 10.9 Å². The molecule has 0 radical (unpaired) electrons. The van der Waals surface area contributed by atoms with Crippen molar-refractivity contribution in [2.24, 2.45) is 5.11 Å². The highest BCUT2D eigenvalue weighted by Crippen LogP contribution is 2.41. The van der Waals surface area contributed by atoms with Crippen molar-refractivity contribution in [3.63, 3.8) is 0 Å². The third kappa shape index (κ3) is 2.35. The second kappa shape index (κ2) is 5.81. The summed E-state index contributed by atoms with van der Waals surface area (Å²) in [5, 5.41) is 23.3. The number of nitrogens with two attached hydrogens (primary N) is 1. The number of aliphatic hydroxyl groups excluding tert-OH is 2. The van der Waals surface area contributed by atoms with Gasteiger partial charge in [-0.1, -0.05) is 5.92 Å². The number of fused-ring (bicyclic) bond motifs is 1. The van der Waals surface area contributed by atoms with Crippen molar-refractivity contribution in [1.82, 2.24) is 9.97 Å². The Morgan fingerprint density at radius 3 is 3.05 bits per heavy atom. The van der Waals surface area contributed by atoms with E-state index in [0.717, 1.165) is 5.57 Å². The molecule has 4 N–H and O–H groups in total. The molecule has 1 saturated heterocycles. The van der Waals surface area contributed by atoms with E-state index in [1.807, 2.05) is 0 Å². The zero-order valence-electron chi connectivity index (χ0n) is 11.8. The summed E-state index contributed by atoms with van der Waals surface area (Å²) in [6.45, 7) is -0.0557. The Bertz CT molecular complexity index is 694. The summed E-state index contributed by atoms with van der Waals surface area (Å²) in [6.07, 6.45) is 6.96. The Kier molecular flexibility index (Phi) is 3.85. The molecule has 1 aromatic heterocycles. The van der Waals surface area contributed by atoms with Gasteiger partial charge in [0.25, 0.3) is 0 Å². The average Bonchev–Trinajstić information content (AvgIpc) is 3.06. The van der Waals surface area contributed by atoms with Crippen LogP contribution in [0.25, 0.3) is 5.57 Å². The molecule has 1 aromatic rings. The van der Waals surface area contributed by atoms with Gasteiger partial charge in [0.1, 0.15) is 12.4 Å². The lowest BCUT2D eigenvalue weighted by atomic mass is 10.0. The van der Waals surface area contributed by atoms with Gasteiger partial charge in [0.05, 0.1) is 24.4 Å². The van der Waals surface area contributed by atoms with Crippen molar-refractivity contribution in [1.29, 1.82) is 0 Å². The first-order valence-electron chi connectivity index (χ1n) is 6.82. The van der Waals surface area contributed by atoms with Crippen molar-refractivity contribution in [2.45, 2.75) is 24.7 Å². The van der Waals surface area contributed by atoms with Crippen LogP contribution in [0, 0.1) is 12.3 Å². The number of hydrogen-bond donors (Lipinski definition) is 3. The SMILES string of the molecule is C#CCN=[N+]1C=C([C@H]2C[C@H](O)[C@@H](CO)O2)c2ncnc(N)c21. The van der Waals surface area contributed by atoms with E-state index in [1.165, 1.54) is 6.33 Å². The minimum absolute atomic E-state index is 0.185. The molecule has 0 saturated carbocycles. The average molecular weight is 302 g/mol. The number of aromatic nitrogens is 2. The van der Waals surface area contributed by atoms with Gasteiger partial charge >= 0.3 is 5.69 Å². The number of ether oxygens (including phenoxy) is 1. The number of terminal acetylenes is 1. The molecule has 0 spiro atoms. The Morgan fingerprint density at radius 2 is 2.36 bits per heavy atom. The van der Waals surface area contributed by atoms with Gasteiger partial charge in [-0.2, -0.15) is 0 Å². The fourth-order valence-electron chi connectivity index (χ4n) is 2.64. The monoisotopic (exact) mass is 302 g/mol. The highest BCUT2D eigenvalue weighted by molar-refractivity contribution is 5.79. The lowest BCUT2D eigenvalue weighted by Crippen LogP contribution is -2.24. The summed E-state index contributed by atoms with van der Waals surface area (Å²) >= 11 is 0. The smallest absolute Gasteiger partial charge is 0.305 e. The topological polar surface area (TPSA) is 117 Å². The second-order valence-electron chi connectivity index (χ2n) is 5.04. The van der Waals surface area contributed by atoms with Crippen LogP contribution in [-0.2, 0) is 4.74 Å². The van der Waals surface area contributed by atoms with Crippen LogP contribution in [0.3, 0.4) is 0 Å². The summed E-state index contributed by atoms with van der Waals surface area (Å²) in [5.74, 6) is 2.72. The number of nitrogen functional groups attached to an aromatic ring is 1. The van der Waals surface area contributed by atoms with Crippen molar-refractivity contribution >= 4 is 17.1 Å². The zero-order chi connectivity index (χ0) is 15.7. The van der Waals surface area contributed by atoms with Crippen LogP contribution in [0.1, 0.15) is 12.1 Å². The van der Waals surface area contributed by atoms with Crippen LogP contribution < -0.4 is 5.73 Å². The van der Waals surface area contributed by atoms with Crippen molar-refractivity contribution < 1.29 is 19.6 Å². The van der Waals surface area contributed by atoms with Gasteiger partial charge in [0.2, 0.25) is 12.0 Å². The predicted octanol–water partition coefficient (Wildman–Crippen LogP) is -0.347. The number of rotatable bonds is 3. The minimum atomic E-state index is -0.727. The Hall–Kier alpha value is -2.34. The molecule has 3 atom stereocenters. The van der Waals surface area contributed by atoms with Crippen LogP contribution in [0.4, 0.5) is 11.5 Å². The van der Waals surface area contributed by atoms with E-state index in [9.17, 15) is 10.2 Å². The molecule has 8 nitrogen and oxygen atoms in total. The van der Waals surface area contributed by atoms with Crippen molar-refractivity contribution in [2.75, 3.05) is 18.9 Å². The van der Waals surface area contributed by atoms with Crippen LogP contribution in [-0.4, -0.2) is 56.3 Å². The van der Waals surface area contributed by atoms with Crippen LogP contribution in [0.5, 0.6) is 0 Å². The van der Waals surface area contributed by atoms with Gasteiger partial charge in [-0.15, -0.1) is 6.42 Å². The number of aliphatic hydroxyl groups is 2. The van der Waals surface area contributed by atoms with E-state index >= 15 is 0 Å². The third-order valence-electron chi connectivity index (χ3n) is 3.68. The summed E-state index contributed by atoms with van der Waals surface area (Å²) in [7, 11) is 0. The van der Waals surface area contributed by atoms with Gasteiger partial charge < -0.3 is 20.7 Å². The molecule has 8 heteroatoms. The van der Waals surface area contributed by atoms with E-state index in [-0.39, 0.29) is 19.0 Å². The van der Waals surface area contributed by atoms with Crippen LogP contribution in [0.2, 0.25) is 0 Å². The van der Waals surface area contributed by atoms with E-state index in [4.69, 9.17) is 16.9 Å². The molecule has 0 bridgehead atoms. The minimum Gasteiger partial charge on any atom is -0.394 e. The first-order valence-corrected chi connectivity index (χ1v) is 6.82. The summed E-state index contributed by atoms with van der Waals surface area (Å²) in [4.78, 5) is 8.21. The number of anilines is 1. The maximum Gasteiger partial charge on any atom is 0.305 e. The Morgan fingerprint density at radius 1 is 1.55 bits per heavy atom. The van der Waals surface area contributed by atoms with E-state index in [2.05, 4.69) is 21.0 Å². The molecule has 3 rings (SSSR count).